The van der Waals surface area contributed by atoms with Crippen molar-refractivity contribution in [2.24, 2.45) is 0 Å². The highest BCUT2D eigenvalue weighted by molar-refractivity contribution is 7.99. The van der Waals surface area contributed by atoms with Crippen LogP contribution in [0.3, 0.4) is 0 Å². The lowest BCUT2D eigenvalue weighted by Gasteiger charge is -2.07. The highest BCUT2D eigenvalue weighted by Crippen LogP contribution is 2.29. The summed E-state index contributed by atoms with van der Waals surface area (Å²) >= 11 is 1.64. The van der Waals surface area contributed by atoms with E-state index in [1.165, 1.54) is 10.5 Å². The van der Waals surface area contributed by atoms with Crippen LogP contribution in [0.4, 0.5) is 5.69 Å². The van der Waals surface area contributed by atoms with Crippen LogP contribution < -0.4 is 5.73 Å². The Bertz CT molecular complexity index is 533. The van der Waals surface area contributed by atoms with Crippen molar-refractivity contribution in [3.8, 4) is 0 Å². The predicted molar refractivity (Wildman–Crippen MR) is 78.0 cm³/mol. The molecule has 18 heavy (non-hydrogen) atoms. The van der Waals surface area contributed by atoms with Gasteiger partial charge in [0.1, 0.15) is 5.03 Å². The highest BCUT2D eigenvalue weighted by atomic mass is 32.2. The van der Waals surface area contributed by atoms with Crippen LogP contribution in [0.5, 0.6) is 0 Å². The third-order valence-corrected chi connectivity index (χ3v) is 3.83. The Labute approximate surface area is 113 Å². The van der Waals surface area contributed by atoms with Gasteiger partial charge < -0.3 is 5.73 Å². The standard InChI is InChI=1S/C15H18N2S/c1-10(2)12-4-6-13(7-5-12)18-15-8-14(16)11(3)9-17-15/h4-10H,1-3H3,(H2,16,17). The van der Waals surface area contributed by atoms with Gasteiger partial charge in [-0.2, -0.15) is 0 Å². The number of aryl methyl sites for hydroxylation is 1. The quantitative estimate of drug-likeness (QED) is 0.894. The predicted octanol–water partition coefficient (Wildman–Crippen LogP) is 4.25. The second-order valence-electron chi connectivity index (χ2n) is 4.70. The Morgan fingerprint density at radius 3 is 2.39 bits per heavy atom. The maximum Gasteiger partial charge on any atom is 0.103 e. The average molecular weight is 258 g/mol. The normalized spacial score (nSPS) is 10.9. The first-order valence-electron chi connectivity index (χ1n) is 6.06. The van der Waals surface area contributed by atoms with E-state index in [1.54, 1.807) is 11.8 Å². The Hall–Kier alpha value is -1.48. The number of pyridine rings is 1. The van der Waals surface area contributed by atoms with E-state index in [1.807, 2.05) is 19.2 Å². The third-order valence-electron chi connectivity index (χ3n) is 2.89. The van der Waals surface area contributed by atoms with Gasteiger partial charge in [-0.05, 0) is 42.2 Å². The second-order valence-corrected chi connectivity index (χ2v) is 5.80. The molecule has 3 heteroatoms. The molecule has 2 aromatic rings. The summed E-state index contributed by atoms with van der Waals surface area (Å²) in [7, 11) is 0. The molecular formula is C15H18N2S. The fraction of sp³-hybridized carbons (Fsp3) is 0.267. The van der Waals surface area contributed by atoms with Crippen molar-refractivity contribution in [1.82, 2.24) is 4.98 Å². The van der Waals surface area contributed by atoms with Gasteiger partial charge in [-0.3, -0.25) is 0 Å². The smallest absolute Gasteiger partial charge is 0.103 e. The molecule has 0 spiro atoms. The fourth-order valence-corrected chi connectivity index (χ4v) is 2.42. The first kappa shape index (κ1) is 13.0. The molecule has 2 rings (SSSR count). The topological polar surface area (TPSA) is 38.9 Å². The number of nitrogen functional groups attached to an aromatic ring is 1. The number of nitrogens with zero attached hydrogens (tertiary/aromatic N) is 1. The Morgan fingerprint density at radius 1 is 1.17 bits per heavy atom. The van der Waals surface area contributed by atoms with Crippen LogP contribution in [0, 0.1) is 6.92 Å². The zero-order chi connectivity index (χ0) is 13.1. The molecule has 1 heterocycles. The van der Waals surface area contributed by atoms with E-state index in [2.05, 4.69) is 43.1 Å². The lowest BCUT2D eigenvalue weighted by molar-refractivity contribution is 0.865. The number of benzene rings is 1. The first-order chi connectivity index (χ1) is 8.56. The lowest BCUT2D eigenvalue weighted by Crippen LogP contribution is -1.92. The van der Waals surface area contributed by atoms with Crippen LogP contribution in [0.15, 0.2) is 46.5 Å². The van der Waals surface area contributed by atoms with E-state index in [4.69, 9.17) is 5.73 Å². The van der Waals surface area contributed by atoms with Crippen molar-refractivity contribution in [3.05, 3.63) is 47.7 Å². The maximum absolute atomic E-state index is 5.88. The van der Waals surface area contributed by atoms with Crippen LogP contribution in [-0.4, -0.2) is 4.98 Å². The zero-order valence-electron chi connectivity index (χ0n) is 11.0. The molecule has 1 aromatic carbocycles. The van der Waals surface area contributed by atoms with E-state index in [0.29, 0.717) is 5.92 Å². The minimum Gasteiger partial charge on any atom is -0.398 e. The Kier molecular flexibility index (Phi) is 3.92. The first-order valence-corrected chi connectivity index (χ1v) is 6.88. The average Bonchev–Trinajstić information content (AvgIpc) is 2.34. The van der Waals surface area contributed by atoms with Gasteiger partial charge in [0.2, 0.25) is 0 Å². The molecule has 0 aliphatic carbocycles. The largest absolute Gasteiger partial charge is 0.398 e. The van der Waals surface area contributed by atoms with Gasteiger partial charge in [-0.25, -0.2) is 4.98 Å². The summed E-state index contributed by atoms with van der Waals surface area (Å²) in [5, 5.41) is 0.940. The minimum absolute atomic E-state index is 0.567. The Balaban J connectivity index is 2.15. The number of rotatable bonds is 3. The maximum atomic E-state index is 5.88. The van der Waals surface area contributed by atoms with Gasteiger partial charge >= 0.3 is 0 Å². The van der Waals surface area contributed by atoms with E-state index < -0.39 is 0 Å². The second kappa shape index (κ2) is 5.44. The summed E-state index contributed by atoms with van der Waals surface area (Å²) in [4.78, 5) is 5.56. The summed E-state index contributed by atoms with van der Waals surface area (Å²) in [6, 6.07) is 10.5. The molecule has 0 amide bonds. The molecule has 0 bridgehead atoms. The lowest BCUT2D eigenvalue weighted by atomic mass is 10.0. The zero-order valence-corrected chi connectivity index (χ0v) is 11.8. The summed E-state index contributed by atoms with van der Waals surface area (Å²) in [5.74, 6) is 0.567. The van der Waals surface area contributed by atoms with Gasteiger partial charge in [0, 0.05) is 16.8 Å². The van der Waals surface area contributed by atoms with E-state index in [-0.39, 0.29) is 0 Å². The van der Waals surface area contributed by atoms with Crippen molar-refractivity contribution in [3.63, 3.8) is 0 Å². The summed E-state index contributed by atoms with van der Waals surface area (Å²) in [5.41, 5.74) is 9.06. The molecule has 0 aliphatic heterocycles. The number of hydrogen-bond acceptors (Lipinski definition) is 3. The van der Waals surface area contributed by atoms with Crippen LogP contribution in [-0.2, 0) is 0 Å². The monoisotopic (exact) mass is 258 g/mol. The van der Waals surface area contributed by atoms with Crippen LogP contribution >= 0.6 is 11.8 Å². The van der Waals surface area contributed by atoms with Crippen LogP contribution in [0.1, 0.15) is 30.9 Å². The van der Waals surface area contributed by atoms with Gasteiger partial charge in [-0.15, -0.1) is 0 Å². The van der Waals surface area contributed by atoms with Crippen LogP contribution in [0.25, 0.3) is 0 Å². The number of anilines is 1. The van der Waals surface area contributed by atoms with Gasteiger partial charge in [0.15, 0.2) is 0 Å². The molecule has 0 unspecified atom stereocenters. The summed E-state index contributed by atoms with van der Waals surface area (Å²) < 4.78 is 0. The van der Waals surface area contributed by atoms with E-state index in [0.717, 1.165) is 16.3 Å². The SMILES string of the molecule is Cc1cnc(Sc2ccc(C(C)C)cc2)cc1N. The molecule has 0 saturated heterocycles. The van der Waals surface area contributed by atoms with Crippen LogP contribution in [0.2, 0.25) is 0 Å². The van der Waals surface area contributed by atoms with Crippen molar-refractivity contribution in [2.75, 3.05) is 5.73 Å². The number of aromatic nitrogens is 1. The van der Waals surface area contributed by atoms with Crippen molar-refractivity contribution < 1.29 is 0 Å². The molecule has 1 aromatic heterocycles. The van der Waals surface area contributed by atoms with Gasteiger partial charge in [0.05, 0.1) is 0 Å². The molecule has 0 fully saturated rings. The molecule has 0 saturated carbocycles. The fourth-order valence-electron chi connectivity index (χ4n) is 1.62. The van der Waals surface area contributed by atoms with Crippen molar-refractivity contribution in [2.45, 2.75) is 36.6 Å². The molecule has 94 valence electrons. The molecule has 0 atom stereocenters. The molecule has 0 aliphatic rings. The van der Waals surface area contributed by atoms with E-state index >= 15 is 0 Å². The summed E-state index contributed by atoms with van der Waals surface area (Å²) in [6.45, 7) is 6.36. The Morgan fingerprint density at radius 2 is 1.83 bits per heavy atom. The molecular weight excluding hydrogens is 240 g/mol. The summed E-state index contributed by atoms with van der Waals surface area (Å²) in [6.07, 6.45) is 1.82. The molecule has 2 N–H and O–H groups in total. The minimum atomic E-state index is 0.567. The van der Waals surface area contributed by atoms with Crippen molar-refractivity contribution in [1.29, 1.82) is 0 Å². The molecule has 0 radical (unpaired) electrons. The third kappa shape index (κ3) is 3.05. The molecule has 2 nitrogen and oxygen atoms in total. The highest BCUT2D eigenvalue weighted by Gasteiger charge is 2.03. The van der Waals surface area contributed by atoms with Crippen molar-refractivity contribution >= 4 is 17.4 Å². The van der Waals surface area contributed by atoms with E-state index in [9.17, 15) is 0 Å². The van der Waals surface area contributed by atoms with Gasteiger partial charge in [0.25, 0.3) is 0 Å². The van der Waals surface area contributed by atoms with Gasteiger partial charge in [-0.1, -0.05) is 37.7 Å². The number of hydrogen-bond donors (Lipinski definition) is 1. The number of nitrogens with two attached hydrogens (primary N) is 1.